The average Bonchev–Trinajstić information content (AvgIpc) is 3.36. The molecule has 4 aromatic rings. The van der Waals surface area contributed by atoms with Crippen molar-refractivity contribution in [2.24, 2.45) is 0 Å². The molecule has 0 bridgehead atoms. The molecule has 4 rings (SSSR count). The molecular formula is C18H15FN4OS3. The fraction of sp³-hybridized carbons (Fsp3) is 0.167. The lowest BCUT2D eigenvalue weighted by atomic mass is 10.1. The second-order valence-electron chi connectivity index (χ2n) is 5.88. The van der Waals surface area contributed by atoms with Gasteiger partial charge in [0, 0.05) is 27.2 Å². The lowest BCUT2D eigenvalue weighted by molar-refractivity contribution is -0.115. The van der Waals surface area contributed by atoms with Gasteiger partial charge in [-0.1, -0.05) is 29.2 Å². The van der Waals surface area contributed by atoms with Crippen molar-refractivity contribution in [3.8, 4) is 0 Å². The third-order valence-electron chi connectivity index (χ3n) is 3.99. The largest absolute Gasteiger partial charge is 0.358 e. The number of carbonyl (C=O) groups excluding carboxylic acids is 1. The van der Waals surface area contributed by atoms with Crippen molar-refractivity contribution in [1.82, 2.24) is 15.2 Å². The van der Waals surface area contributed by atoms with E-state index in [4.69, 9.17) is 0 Å². The van der Waals surface area contributed by atoms with Crippen molar-refractivity contribution in [2.45, 2.75) is 23.4 Å². The summed E-state index contributed by atoms with van der Waals surface area (Å²) in [6.07, 6.45) is 0.145. The number of nitrogens with one attached hydrogen (secondary N) is 2. The van der Waals surface area contributed by atoms with Crippen molar-refractivity contribution < 1.29 is 9.18 Å². The Morgan fingerprint density at radius 1 is 1.33 bits per heavy atom. The van der Waals surface area contributed by atoms with E-state index in [-0.39, 0.29) is 18.1 Å². The number of amides is 1. The topological polar surface area (TPSA) is 70.7 Å². The second-order valence-corrected chi connectivity index (χ2v) is 9.12. The summed E-state index contributed by atoms with van der Waals surface area (Å²) in [6.45, 7) is 1.88. The zero-order valence-corrected chi connectivity index (χ0v) is 16.7. The lowest BCUT2D eigenvalue weighted by Crippen LogP contribution is -2.14. The van der Waals surface area contributed by atoms with Gasteiger partial charge in [0.1, 0.15) is 5.82 Å². The van der Waals surface area contributed by atoms with Gasteiger partial charge in [-0.25, -0.2) is 4.39 Å². The normalized spacial score (nSPS) is 11.2. The first-order chi connectivity index (χ1) is 13.1. The van der Waals surface area contributed by atoms with Gasteiger partial charge in [-0.05, 0) is 42.1 Å². The molecule has 2 N–H and O–H groups in total. The van der Waals surface area contributed by atoms with Crippen molar-refractivity contribution in [3.05, 3.63) is 57.7 Å². The van der Waals surface area contributed by atoms with Crippen LogP contribution < -0.4 is 5.32 Å². The molecule has 0 spiro atoms. The minimum Gasteiger partial charge on any atom is -0.358 e. The van der Waals surface area contributed by atoms with E-state index in [2.05, 4.69) is 26.6 Å². The maximum absolute atomic E-state index is 13.6. The Morgan fingerprint density at radius 3 is 3.04 bits per heavy atom. The van der Waals surface area contributed by atoms with E-state index >= 15 is 0 Å². The highest BCUT2D eigenvalue weighted by molar-refractivity contribution is 8.00. The molecule has 3 aromatic heterocycles. The highest BCUT2D eigenvalue weighted by atomic mass is 32.2. The van der Waals surface area contributed by atoms with Crippen LogP contribution in [0.25, 0.3) is 10.9 Å². The van der Waals surface area contributed by atoms with Gasteiger partial charge in [-0.15, -0.1) is 21.5 Å². The van der Waals surface area contributed by atoms with Crippen molar-refractivity contribution in [3.63, 3.8) is 0 Å². The zero-order valence-electron chi connectivity index (χ0n) is 14.3. The molecule has 3 heterocycles. The monoisotopic (exact) mass is 418 g/mol. The number of rotatable bonds is 6. The Morgan fingerprint density at radius 2 is 2.22 bits per heavy atom. The lowest BCUT2D eigenvalue weighted by Gasteiger charge is -2.02. The first-order valence-electron chi connectivity index (χ1n) is 8.14. The third kappa shape index (κ3) is 4.20. The molecule has 9 heteroatoms. The molecule has 0 unspecified atom stereocenters. The maximum atomic E-state index is 13.6. The van der Waals surface area contributed by atoms with Gasteiger partial charge in [0.05, 0.1) is 6.42 Å². The third-order valence-corrected chi connectivity index (χ3v) is 7.07. The van der Waals surface area contributed by atoms with Crippen LogP contribution in [-0.4, -0.2) is 21.1 Å². The quantitative estimate of drug-likeness (QED) is 0.341. The number of hydrogen-bond acceptors (Lipinski definition) is 6. The van der Waals surface area contributed by atoms with E-state index in [0.29, 0.717) is 5.13 Å². The van der Waals surface area contributed by atoms with Crippen LogP contribution in [0.15, 0.2) is 40.1 Å². The fourth-order valence-corrected chi connectivity index (χ4v) is 5.29. The van der Waals surface area contributed by atoms with Crippen LogP contribution in [0, 0.1) is 12.7 Å². The molecule has 5 nitrogen and oxygen atoms in total. The minimum atomic E-state index is -0.320. The number of aromatic amines is 1. The number of halogens is 1. The van der Waals surface area contributed by atoms with Crippen molar-refractivity contribution in [2.75, 3.05) is 5.32 Å². The smallest absolute Gasteiger partial charge is 0.230 e. The summed E-state index contributed by atoms with van der Waals surface area (Å²) in [6, 6.07) is 8.63. The maximum Gasteiger partial charge on any atom is 0.230 e. The highest BCUT2D eigenvalue weighted by Gasteiger charge is 2.15. The summed E-state index contributed by atoms with van der Waals surface area (Å²) < 4.78 is 14.4. The number of hydrogen-bond donors (Lipinski definition) is 2. The number of thiophene rings is 1. The van der Waals surface area contributed by atoms with E-state index in [1.807, 2.05) is 18.4 Å². The predicted octanol–water partition coefficient (Wildman–Crippen LogP) is 5.00. The van der Waals surface area contributed by atoms with Gasteiger partial charge in [0.2, 0.25) is 11.0 Å². The standard InChI is InChI=1S/C18H15FN4OS3/c1-10-13(14-7-11(19)4-5-15(14)20-10)8-16(24)21-17-22-23-18(27-17)26-9-12-3-2-6-25-12/h2-7,20H,8-9H2,1H3,(H,21,22,24). The van der Waals surface area contributed by atoms with Crippen LogP contribution in [0.2, 0.25) is 0 Å². The Balaban J connectivity index is 1.41. The molecular weight excluding hydrogens is 403 g/mol. The molecule has 0 fully saturated rings. The van der Waals surface area contributed by atoms with Gasteiger partial charge in [0.15, 0.2) is 4.34 Å². The summed E-state index contributed by atoms with van der Waals surface area (Å²) in [5.74, 6) is 0.314. The number of benzene rings is 1. The summed E-state index contributed by atoms with van der Waals surface area (Å²) in [4.78, 5) is 16.9. The number of fused-ring (bicyclic) bond motifs is 1. The molecule has 0 radical (unpaired) electrons. The van der Waals surface area contributed by atoms with Gasteiger partial charge >= 0.3 is 0 Å². The Bertz CT molecular complexity index is 1090. The molecule has 0 atom stereocenters. The number of H-pyrrole nitrogens is 1. The molecule has 138 valence electrons. The summed E-state index contributed by atoms with van der Waals surface area (Å²) in [5.41, 5.74) is 2.47. The molecule has 1 amide bonds. The van der Waals surface area contributed by atoms with Gasteiger partial charge < -0.3 is 10.3 Å². The van der Waals surface area contributed by atoms with E-state index < -0.39 is 0 Å². The van der Waals surface area contributed by atoms with E-state index in [1.165, 1.54) is 28.3 Å². The fourth-order valence-electron chi connectivity index (χ4n) is 2.75. The second kappa shape index (κ2) is 7.79. The van der Waals surface area contributed by atoms with Crippen LogP contribution in [-0.2, 0) is 17.0 Å². The Labute approximate surface area is 167 Å². The van der Waals surface area contributed by atoms with E-state index in [1.54, 1.807) is 29.2 Å². The summed E-state index contributed by atoms with van der Waals surface area (Å²) >= 11 is 4.65. The first-order valence-corrected chi connectivity index (χ1v) is 10.8. The molecule has 27 heavy (non-hydrogen) atoms. The minimum absolute atomic E-state index is 0.145. The summed E-state index contributed by atoms with van der Waals surface area (Å²) in [5, 5.41) is 14.2. The van der Waals surface area contributed by atoms with Crippen molar-refractivity contribution in [1.29, 1.82) is 0 Å². The van der Waals surface area contributed by atoms with E-state index in [0.717, 1.165) is 32.3 Å². The first kappa shape index (κ1) is 18.1. The number of nitrogens with zero attached hydrogens (tertiary/aromatic N) is 2. The number of aryl methyl sites for hydroxylation is 1. The van der Waals surface area contributed by atoms with Gasteiger partial charge in [-0.3, -0.25) is 4.79 Å². The molecule has 0 saturated heterocycles. The van der Waals surface area contributed by atoms with Crippen LogP contribution in [0.4, 0.5) is 9.52 Å². The molecule has 0 aliphatic rings. The Kier molecular flexibility index (Phi) is 5.24. The molecule has 0 saturated carbocycles. The van der Waals surface area contributed by atoms with Crippen LogP contribution in [0.3, 0.4) is 0 Å². The van der Waals surface area contributed by atoms with Crippen LogP contribution in [0.5, 0.6) is 0 Å². The number of aromatic nitrogens is 3. The number of anilines is 1. The summed E-state index contributed by atoms with van der Waals surface area (Å²) in [7, 11) is 0. The number of thioether (sulfide) groups is 1. The molecule has 1 aromatic carbocycles. The average molecular weight is 419 g/mol. The van der Waals surface area contributed by atoms with Crippen LogP contribution in [0.1, 0.15) is 16.1 Å². The highest BCUT2D eigenvalue weighted by Crippen LogP contribution is 2.30. The predicted molar refractivity (Wildman–Crippen MR) is 109 cm³/mol. The van der Waals surface area contributed by atoms with E-state index in [9.17, 15) is 9.18 Å². The number of carbonyl (C=O) groups is 1. The van der Waals surface area contributed by atoms with Crippen LogP contribution >= 0.6 is 34.4 Å². The van der Waals surface area contributed by atoms with Gasteiger partial charge in [-0.2, -0.15) is 0 Å². The molecule has 0 aliphatic heterocycles. The van der Waals surface area contributed by atoms with Gasteiger partial charge in [0.25, 0.3) is 0 Å². The van der Waals surface area contributed by atoms with Crippen molar-refractivity contribution >= 4 is 56.4 Å². The SMILES string of the molecule is Cc1[nH]c2ccc(F)cc2c1CC(=O)Nc1nnc(SCc2cccs2)s1. The Hall–Kier alpha value is -2.23. The zero-order chi connectivity index (χ0) is 18.8. The molecule has 0 aliphatic carbocycles.